The second-order valence-electron chi connectivity index (χ2n) is 7.55. The highest BCUT2D eigenvalue weighted by Gasteiger charge is 2.34. The zero-order valence-corrected chi connectivity index (χ0v) is 18.6. The van der Waals surface area contributed by atoms with Gasteiger partial charge >= 0.3 is 6.03 Å². The summed E-state index contributed by atoms with van der Waals surface area (Å²) in [6, 6.07) is 12.4. The van der Waals surface area contributed by atoms with Crippen molar-refractivity contribution in [2.24, 2.45) is 0 Å². The molecule has 2 aromatic rings. The lowest BCUT2D eigenvalue weighted by Gasteiger charge is -2.24. The molecule has 30 heavy (non-hydrogen) atoms. The van der Waals surface area contributed by atoms with E-state index in [1.54, 1.807) is 17.0 Å². The predicted molar refractivity (Wildman–Crippen MR) is 122 cm³/mol. The number of aryl methyl sites for hydroxylation is 1. The van der Waals surface area contributed by atoms with Gasteiger partial charge in [-0.05, 0) is 61.1 Å². The van der Waals surface area contributed by atoms with Crippen molar-refractivity contribution in [3.8, 4) is 0 Å². The Bertz CT molecular complexity index is 887. The first-order valence-electron chi connectivity index (χ1n) is 10.4. The molecular weight excluding hydrogens is 421 g/mol. The van der Waals surface area contributed by atoms with Gasteiger partial charge in [0.1, 0.15) is 6.04 Å². The van der Waals surface area contributed by atoms with Crippen molar-refractivity contribution in [2.75, 3.05) is 11.9 Å². The quantitative estimate of drug-likeness (QED) is 0.575. The van der Waals surface area contributed by atoms with E-state index in [1.807, 2.05) is 30.3 Å². The molecule has 1 aliphatic heterocycles. The number of halogens is 2. The van der Waals surface area contributed by atoms with E-state index in [0.717, 1.165) is 36.9 Å². The predicted octanol–water partition coefficient (Wildman–Crippen LogP) is 5.65. The molecule has 1 atom stereocenters. The van der Waals surface area contributed by atoms with Crippen LogP contribution in [0.4, 0.5) is 10.5 Å². The molecule has 2 N–H and O–H groups in total. The van der Waals surface area contributed by atoms with E-state index in [1.165, 1.54) is 5.56 Å². The number of nitrogens with zero attached hydrogens (tertiary/aromatic N) is 1. The third kappa shape index (κ3) is 5.89. The number of likely N-dealkylation sites (tertiary alicyclic amines) is 1. The van der Waals surface area contributed by atoms with E-state index in [9.17, 15) is 9.59 Å². The van der Waals surface area contributed by atoms with Gasteiger partial charge in [0.05, 0.1) is 10.0 Å². The lowest BCUT2D eigenvalue weighted by Crippen LogP contribution is -2.47. The van der Waals surface area contributed by atoms with Crippen LogP contribution in [0.15, 0.2) is 42.5 Å². The summed E-state index contributed by atoms with van der Waals surface area (Å²) >= 11 is 12.0. The average molecular weight is 448 g/mol. The minimum atomic E-state index is -0.475. The maximum Gasteiger partial charge on any atom is 0.322 e. The molecule has 0 aromatic heterocycles. The SMILES string of the molecule is CCCCc1ccc(NC(=O)N2CCC[C@H]2C(=O)NCc2ccc(Cl)c(Cl)c2)cc1. The van der Waals surface area contributed by atoms with E-state index >= 15 is 0 Å². The summed E-state index contributed by atoms with van der Waals surface area (Å²) in [5.74, 6) is -0.163. The normalized spacial score (nSPS) is 15.8. The number of hydrogen-bond acceptors (Lipinski definition) is 2. The van der Waals surface area contributed by atoms with Gasteiger partial charge in [-0.15, -0.1) is 0 Å². The van der Waals surface area contributed by atoms with E-state index in [2.05, 4.69) is 17.6 Å². The number of carbonyl (C=O) groups is 2. The summed E-state index contributed by atoms with van der Waals surface area (Å²) in [5, 5.41) is 6.74. The molecule has 0 unspecified atom stereocenters. The number of rotatable bonds is 7. The standard InChI is InChI=1S/C23H27Cl2N3O2/c1-2-3-5-16-7-10-18(11-8-16)27-23(30)28-13-4-6-21(28)22(29)26-15-17-9-12-19(24)20(25)14-17/h7-12,14,21H,2-6,13,15H2,1H3,(H,26,29)(H,27,30)/t21-/m0/s1. The molecule has 1 heterocycles. The van der Waals surface area contributed by atoms with Gasteiger partial charge in [-0.3, -0.25) is 4.79 Å². The molecule has 1 aliphatic rings. The molecule has 0 spiro atoms. The molecule has 1 saturated heterocycles. The number of hydrogen-bond donors (Lipinski definition) is 2. The van der Waals surface area contributed by atoms with Crippen LogP contribution in [0, 0.1) is 0 Å². The minimum absolute atomic E-state index is 0.163. The lowest BCUT2D eigenvalue weighted by atomic mass is 10.1. The van der Waals surface area contributed by atoms with Gasteiger partial charge in [0.25, 0.3) is 0 Å². The fourth-order valence-corrected chi connectivity index (χ4v) is 3.89. The smallest absolute Gasteiger partial charge is 0.322 e. The first kappa shape index (κ1) is 22.4. The maximum atomic E-state index is 12.7. The lowest BCUT2D eigenvalue weighted by molar-refractivity contribution is -0.124. The monoisotopic (exact) mass is 447 g/mol. The Balaban J connectivity index is 1.55. The molecule has 0 bridgehead atoms. The number of anilines is 1. The van der Waals surface area contributed by atoms with Gasteiger partial charge < -0.3 is 15.5 Å². The Hall–Kier alpha value is -2.24. The highest BCUT2D eigenvalue weighted by molar-refractivity contribution is 6.42. The maximum absolute atomic E-state index is 12.7. The number of urea groups is 1. The summed E-state index contributed by atoms with van der Waals surface area (Å²) in [6.45, 7) is 3.06. The molecule has 0 radical (unpaired) electrons. The van der Waals surface area contributed by atoms with Crippen LogP contribution < -0.4 is 10.6 Å². The van der Waals surface area contributed by atoms with E-state index in [-0.39, 0.29) is 11.9 Å². The number of carbonyl (C=O) groups excluding carboxylic acids is 2. The Morgan fingerprint density at radius 3 is 2.50 bits per heavy atom. The van der Waals surface area contributed by atoms with Crippen molar-refractivity contribution in [1.82, 2.24) is 10.2 Å². The number of amides is 3. The topological polar surface area (TPSA) is 61.4 Å². The van der Waals surface area contributed by atoms with Gasteiger partial charge in [0.15, 0.2) is 0 Å². The Morgan fingerprint density at radius 1 is 1.07 bits per heavy atom. The summed E-state index contributed by atoms with van der Waals surface area (Å²) in [6.07, 6.45) is 4.79. The van der Waals surface area contributed by atoms with Crippen LogP contribution in [0.1, 0.15) is 43.7 Å². The van der Waals surface area contributed by atoms with Crippen molar-refractivity contribution in [3.05, 3.63) is 63.6 Å². The highest BCUT2D eigenvalue weighted by Crippen LogP contribution is 2.23. The molecular formula is C23H27Cl2N3O2. The second kappa shape index (κ2) is 10.7. The summed E-state index contributed by atoms with van der Waals surface area (Å²) in [7, 11) is 0. The molecule has 0 aliphatic carbocycles. The minimum Gasteiger partial charge on any atom is -0.350 e. The third-order valence-corrected chi connectivity index (χ3v) is 6.03. The van der Waals surface area contributed by atoms with Gasteiger partial charge in [0.2, 0.25) is 5.91 Å². The first-order valence-corrected chi connectivity index (χ1v) is 11.1. The number of benzene rings is 2. The largest absolute Gasteiger partial charge is 0.350 e. The van der Waals surface area contributed by atoms with Crippen molar-refractivity contribution in [3.63, 3.8) is 0 Å². The Kier molecular flexibility index (Phi) is 8.00. The fourth-order valence-electron chi connectivity index (χ4n) is 3.57. The Labute approximate surface area is 187 Å². The molecule has 160 valence electrons. The second-order valence-corrected chi connectivity index (χ2v) is 8.36. The fraction of sp³-hybridized carbons (Fsp3) is 0.391. The van der Waals surface area contributed by atoms with E-state index in [0.29, 0.717) is 29.6 Å². The van der Waals surface area contributed by atoms with Crippen LogP contribution in [0.25, 0.3) is 0 Å². The Morgan fingerprint density at radius 2 is 1.80 bits per heavy atom. The van der Waals surface area contributed by atoms with Crippen LogP contribution in [-0.4, -0.2) is 29.4 Å². The van der Waals surface area contributed by atoms with Crippen LogP contribution in [0.2, 0.25) is 10.0 Å². The van der Waals surface area contributed by atoms with Gasteiger partial charge in [-0.2, -0.15) is 0 Å². The molecule has 3 rings (SSSR count). The van der Waals surface area contributed by atoms with Crippen molar-refractivity contribution >= 4 is 40.8 Å². The van der Waals surface area contributed by atoms with Crippen LogP contribution in [0.5, 0.6) is 0 Å². The van der Waals surface area contributed by atoms with Crippen LogP contribution in [0.3, 0.4) is 0 Å². The van der Waals surface area contributed by atoms with E-state index < -0.39 is 6.04 Å². The number of nitrogens with one attached hydrogen (secondary N) is 2. The molecule has 7 heteroatoms. The third-order valence-electron chi connectivity index (χ3n) is 5.29. The van der Waals surface area contributed by atoms with Gasteiger partial charge in [-0.25, -0.2) is 4.79 Å². The summed E-state index contributed by atoms with van der Waals surface area (Å²) < 4.78 is 0. The van der Waals surface area contributed by atoms with Crippen LogP contribution in [-0.2, 0) is 17.8 Å². The summed E-state index contributed by atoms with van der Waals surface area (Å²) in [5.41, 5.74) is 2.85. The average Bonchev–Trinajstić information content (AvgIpc) is 3.24. The molecule has 2 aromatic carbocycles. The molecule has 0 saturated carbocycles. The van der Waals surface area contributed by atoms with E-state index in [4.69, 9.17) is 23.2 Å². The van der Waals surface area contributed by atoms with Gasteiger partial charge in [-0.1, -0.05) is 54.7 Å². The first-order chi connectivity index (χ1) is 14.5. The molecule has 5 nitrogen and oxygen atoms in total. The van der Waals surface area contributed by atoms with Gasteiger partial charge in [0, 0.05) is 18.8 Å². The van der Waals surface area contributed by atoms with Crippen molar-refractivity contribution in [1.29, 1.82) is 0 Å². The zero-order chi connectivity index (χ0) is 21.5. The van der Waals surface area contributed by atoms with Crippen molar-refractivity contribution < 1.29 is 9.59 Å². The van der Waals surface area contributed by atoms with Crippen molar-refractivity contribution in [2.45, 2.75) is 51.6 Å². The molecule has 1 fully saturated rings. The number of unbranched alkanes of at least 4 members (excludes halogenated alkanes) is 1. The summed E-state index contributed by atoms with van der Waals surface area (Å²) in [4.78, 5) is 27.0. The zero-order valence-electron chi connectivity index (χ0n) is 17.1. The highest BCUT2D eigenvalue weighted by atomic mass is 35.5. The van der Waals surface area contributed by atoms with Crippen LogP contribution >= 0.6 is 23.2 Å². The molecule has 3 amide bonds.